The van der Waals surface area contributed by atoms with Crippen molar-refractivity contribution in [2.24, 2.45) is 0 Å². The third kappa shape index (κ3) is 3.97. The van der Waals surface area contributed by atoms with Crippen molar-refractivity contribution in [2.75, 3.05) is 7.11 Å². The van der Waals surface area contributed by atoms with Crippen LogP contribution >= 0.6 is 12.2 Å². The van der Waals surface area contributed by atoms with Gasteiger partial charge in [0.15, 0.2) is 5.11 Å². The molecule has 5 rings (SSSR count). The molecule has 2 atom stereocenters. The van der Waals surface area contributed by atoms with E-state index in [4.69, 9.17) is 17.0 Å². The number of hydrogen-bond donors (Lipinski definition) is 1. The maximum atomic E-state index is 5.80. The van der Waals surface area contributed by atoms with Gasteiger partial charge in [-0.05, 0) is 65.8 Å². The van der Waals surface area contributed by atoms with E-state index in [0.29, 0.717) is 6.54 Å². The number of para-hydroxylation sites is 1. The Labute approximate surface area is 193 Å². The highest BCUT2D eigenvalue weighted by Gasteiger charge is 2.40. The van der Waals surface area contributed by atoms with Gasteiger partial charge in [-0.25, -0.2) is 0 Å². The molecule has 1 fully saturated rings. The fourth-order valence-electron chi connectivity index (χ4n) is 4.22. The molecule has 0 spiro atoms. The second-order valence-electron chi connectivity index (χ2n) is 7.79. The second kappa shape index (κ2) is 8.85. The Hall–Kier alpha value is -3.64. The molecule has 1 saturated heterocycles. The average Bonchev–Trinajstić information content (AvgIpc) is 3.46. The molecule has 0 radical (unpaired) electrons. The number of nitrogens with zero attached hydrogens (tertiary/aromatic N) is 3. The van der Waals surface area contributed by atoms with Gasteiger partial charge in [0.05, 0.1) is 24.9 Å². The van der Waals surface area contributed by atoms with Gasteiger partial charge < -0.3 is 19.5 Å². The minimum absolute atomic E-state index is 0.0180. The minimum Gasteiger partial charge on any atom is -0.497 e. The first-order valence-corrected chi connectivity index (χ1v) is 11.0. The molecular formula is C26H24N4OS. The van der Waals surface area contributed by atoms with Crippen LogP contribution in [0.3, 0.4) is 0 Å². The average molecular weight is 441 g/mol. The van der Waals surface area contributed by atoms with Crippen LogP contribution in [0.4, 0.5) is 0 Å². The lowest BCUT2D eigenvalue weighted by atomic mass is 9.98. The molecule has 1 N–H and O–H groups in total. The van der Waals surface area contributed by atoms with Crippen LogP contribution in [0.15, 0.2) is 97.5 Å². The minimum atomic E-state index is -0.0337. The molecule has 160 valence electrons. The Balaban J connectivity index is 1.51. The summed E-state index contributed by atoms with van der Waals surface area (Å²) >= 11 is 5.80. The summed E-state index contributed by atoms with van der Waals surface area (Å²) in [6.45, 7) is 0.695. The topological polar surface area (TPSA) is 42.3 Å². The molecule has 2 aromatic heterocycles. The molecule has 0 amide bonds. The summed E-state index contributed by atoms with van der Waals surface area (Å²) < 4.78 is 7.46. The zero-order chi connectivity index (χ0) is 21.9. The summed E-state index contributed by atoms with van der Waals surface area (Å²) in [5.74, 6) is 0.846. The van der Waals surface area contributed by atoms with Crippen LogP contribution in [-0.2, 0) is 6.54 Å². The maximum absolute atomic E-state index is 5.80. The van der Waals surface area contributed by atoms with E-state index in [1.807, 2.05) is 48.7 Å². The number of thiocarbonyl (C=S) groups is 1. The predicted molar refractivity (Wildman–Crippen MR) is 130 cm³/mol. The van der Waals surface area contributed by atoms with E-state index in [9.17, 15) is 0 Å². The zero-order valence-electron chi connectivity index (χ0n) is 17.8. The molecule has 0 bridgehead atoms. The monoisotopic (exact) mass is 440 g/mol. The first-order valence-electron chi connectivity index (χ1n) is 10.6. The van der Waals surface area contributed by atoms with Crippen molar-refractivity contribution >= 4 is 17.3 Å². The summed E-state index contributed by atoms with van der Waals surface area (Å²) in [7, 11) is 1.68. The van der Waals surface area contributed by atoms with E-state index >= 15 is 0 Å². The number of pyridine rings is 1. The molecule has 1 aliphatic rings. The summed E-state index contributed by atoms with van der Waals surface area (Å²) in [5.41, 5.74) is 4.46. The van der Waals surface area contributed by atoms with Crippen molar-refractivity contribution < 1.29 is 4.74 Å². The van der Waals surface area contributed by atoms with E-state index in [0.717, 1.165) is 22.2 Å². The van der Waals surface area contributed by atoms with Crippen LogP contribution in [0.25, 0.3) is 5.69 Å². The van der Waals surface area contributed by atoms with Crippen LogP contribution in [0.1, 0.15) is 28.9 Å². The number of rotatable bonds is 6. The summed E-state index contributed by atoms with van der Waals surface area (Å²) in [4.78, 5) is 6.88. The van der Waals surface area contributed by atoms with Crippen molar-refractivity contribution in [2.45, 2.75) is 18.6 Å². The predicted octanol–water partition coefficient (Wildman–Crippen LogP) is 5.05. The number of hydrogen-bond acceptors (Lipinski definition) is 3. The van der Waals surface area contributed by atoms with Crippen LogP contribution in [0.5, 0.6) is 5.75 Å². The van der Waals surface area contributed by atoms with Crippen molar-refractivity contribution in [1.29, 1.82) is 0 Å². The van der Waals surface area contributed by atoms with Crippen molar-refractivity contribution in [1.82, 2.24) is 19.8 Å². The van der Waals surface area contributed by atoms with Crippen LogP contribution < -0.4 is 10.1 Å². The molecule has 1 aliphatic heterocycles. The molecule has 5 nitrogen and oxygen atoms in total. The highest BCUT2D eigenvalue weighted by atomic mass is 32.1. The summed E-state index contributed by atoms with van der Waals surface area (Å²) in [6, 6.07) is 26.6. The molecule has 2 aromatic carbocycles. The van der Waals surface area contributed by atoms with Gasteiger partial charge in [-0.2, -0.15) is 0 Å². The van der Waals surface area contributed by atoms with Crippen molar-refractivity contribution in [3.8, 4) is 11.4 Å². The van der Waals surface area contributed by atoms with Gasteiger partial charge >= 0.3 is 0 Å². The smallest absolute Gasteiger partial charge is 0.170 e. The molecule has 0 unspecified atom stereocenters. The van der Waals surface area contributed by atoms with E-state index in [-0.39, 0.29) is 12.1 Å². The van der Waals surface area contributed by atoms with Gasteiger partial charge in [0.25, 0.3) is 0 Å². The number of benzene rings is 2. The van der Waals surface area contributed by atoms with E-state index in [1.54, 1.807) is 7.11 Å². The Kier molecular flexibility index (Phi) is 5.60. The lowest BCUT2D eigenvalue weighted by Gasteiger charge is -2.27. The standard InChI is InChI=1S/C26H24N4OS/c1-31-22-12-10-19(11-13-22)17-30-25(24(28-26(30)32)23-9-5-6-15-27-23)20-14-16-29(18-20)21-7-3-2-4-8-21/h2-16,18,24-25H,17H2,1H3,(H,28,32)/t24-,25+/m0/s1. The van der Waals surface area contributed by atoms with Crippen LogP contribution in [0, 0.1) is 0 Å². The second-order valence-corrected chi connectivity index (χ2v) is 8.18. The summed E-state index contributed by atoms with van der Waals surface area (Å²) in [5, 5.41) is 4.25. The Morgan fingerprint density at radius 3 is 2.47 bits per heavy atom. The third-order valence-electron chi connectivity index (χ3n) is 5.82. The van der Waals surface area contributed by atoms with Crippen LogP contribution in [0.2, 0.25) is 0 Å². The number of methoxy groups -OCH3 is 1. The van der Waals surface area contributed by atoms with Gasteiger partial charge in [-0.3, -0.25) is 4.98 Å². The molecule has 4 aromatic rings. The molecular weight excluding hydrogens is 416 g/mol. The molecule has 0 aliphatic carbocycles. The first-order chi connectivity index (χ1) is 15.7. The quantitative estimate of drug-likeness (QED) is 0.425. The van der Waals surface area contributed by atoms with Gasteiger partial charge in [0, 0.05) is 30.8 Å². The van der Waals surface area contributed by atoms with Gasteiger partial charge in [0.1, 0.15) is 5.75 Å². The van der Waals surface area contributed by atoms with E-state index in [2.05, 4.69) is 68.6 Å². The largest absolute Gasteiger partial charge is 0.497 e. The third-order valence-corrected chi connectivity index (χ3v) is 6.17. The molecule has 32 heavy (non-hydrogen) atoms. The SMILES string of the molecule is COc1ccc(CN2C(=S)N[C@@H](c3ccccn3)[C@H]2c2ccn(-c3ccccc3)c2)cc1. The number of aromatic nitrogens is 2. The van der Waals surface area contributed by atoms with Crippen molar-refractivity contribution in [3.05, 3.63) is 114 Å². The van der Waals surface area contributed by atoms with Gasteiger partial charge in [0.2, 0.25) is 0 Å². The fraction of sp³-hybridized carbons (Fsp3) is 0.154. The molecule has 0 saturated carbocycles. The summed E-state index contributed by atoms with van der Waals surface area (Å²) in [6.07, 6.45) is 6.12. The number of ether oxygens (including phenoxy) is 1. The zero-order valence-corrected chi connectivity index (χ0v) is 18.6. The van der Waals surface area contributed by atoms with Crippen molar-refractivity contribution in [3.63, 3.8) is 0 Å². The van der Waals surface area contributed by atoms with E-state index in [1.165, 1.54) is 11.1 Å². The van der Waals surface area contributed by atoms with Gasteiger partial charge in [-0.1, -0.05) is 36.4 Å². The maximum Gasteiger partial charge on any atom is 0.170 e. The Morgan fingerprint density at radius 2 is 1.75 bits per heavy atom. The lowest BCUT2D eigenvalue weighted by molar-refractivity contribution is 0.311. The molecule has 3 heterocycles. The first kappa shape index (κ1) is 20.3. The Bertz CT molecular complexity index is 1190. The lowest BCUT2D eigenvalue weighted by Crippen LogP contribution is -2.29. The Morgan fingerprint density at radius 1 is 0.969 bits per heavy atom. The highest BCUT2D eigenvalue weighted by molar-refractivity contribution is 7.80. The van der Waals surface area contributed by atoms with E-state index < -0.39 is 0 Å². The number of nitrogens with one attached hydrogen (secondary N) is 1. The molecule has 6 heteroatoms. The fourth-order valence-corrected chi connectivity index (χ4v) is 4.52. The highest BCUT2D eigenvalue weighted by Crippen LogP contribution is 2.39. The van der Waals surface area contributed by atoms with Crippen LogP contribution in [-0.4, -0.2) is 26.7 Å². The normalized spacial score (nSPS) is 17.9. The van der Waals surface area contributed by atoms with Gasteiger partial charge in [-0.15, -0.1) is 0 Å².